The van der Waals surface area contributed by atoms with Crippen LogP contribution in [0.3, 0.4) is 0 Å². The van der Waals surface area contributed by atoms with Gasteiger partial charge in [0.25, 0.3) is 0 Å². The summed E-state index contributed by atoms with van der Waals surface area (Å²) in [6.45, 7) is 3.27. The minimum atomic E-state index is -1.20. The van der Waals surface area contributed by atoms with E-state index in [0.717, 1.165) is 5.56 Å². The average Bonchev–Trinajstić information content (AvgIpc) is 3.41. The number of ether oxygens (including phenoxy) is 1. The van der Waals surface area contributed by atoms with Crippen molar-refractivity contribution in [2.24, 2.45) is 0 Å². The Balaban J connectivity index is 1.64. The van der Waals surface area contributed by atoms with Gasteiger partial charge in [-0.1, -0.05) is 30.3 Å². The quantitative estimate of drug-likeness (QED) is 0.374. The second-order valence-corrected chi connectivity index (χ2v) is 7.47. The molecule has 4 N–H and O–H groups in total. The molecule has 0 saturated heterocycles. The summed E-state index contributed by atoms with van der Waals surface area (Å²) in [7, 11) is 1.50. The number of aromatic nitrogens is 4. The van der Waals surface area contributed by atoms with Gasteiger partial charge >= 0.3 is 6.03 Å². The number of aromatic amines is 1. The first-order chi connectivity index (χ1) is 14.9. The highest BCUT2D eigenvalue weighted by molar-refractivity contribution is 5.99. The zero-order valence-corrected chi connectivity index (χ0v) is 17.2. The van der Waals surface area contributed by atoms with Crippen LogP contribution in [0.25, 0.3) is 22.4 Å². The van der Waals surface area contributed by atoms with Crippen LogP contribution in [-0.4, -0.2) is 44.0 Å². The number of nitrogens with zero attached hydrogens (tertiary/aromatic N) is 3. The number of fused-ring (bicyclic) bond motifs is 1. The molecule has 3 aromatic heterocycles. The molecule has 1 aromatic carbocycles. The number of aliphatic hydroxyl groups is 1. The minimum Gasteiger partial charge on any atom is -0.479 e. The van der Waals surface area contributed by atoms with Gasteiger partial charge in [0.1, 0.15) is 11.5 Å². The summed E-state index contributed by atoms with van der Waals surface area (Å²) < 4.78 is 10.7. The van der Waals surface area contributed by atoms with Crippen molar-refractivity contribution in [1.29, 1.82) is 0 Å². The highest BCUT2D eigenvalue weighted by Crippen LogP contribution is 2.34. The molecule has 0 aliphatic heterocycles. The van der Waals surface area contributed by atoms with Gasteiger partial charge in [0, 0.05) is 6.07 Å². The summed E-state index contributed by atoms with van der Waals surface area (Å²) in [5.41, 5.74) is 0.584. The minimum absolute atomic E-state index is 0.255. The van der Waals surface area contributed by atoms with Crippen LogP contribution in [0.15, 0.2) is 53.4 Å². The van der Waals surface area contributed by atoms with Crippen molar-refractivity contribution in [2.75, 3.05) is 12.4 Å². The van der Waals surface area contributed by atoms with E-state index >= 15 is 0 Å². The van der Waals surface area contributed by atoms with E-state index in [4.69, 9.17) is 9.15 Å². The van der Waals surface area contributed by atoms with Crippen molar-refractivity contribution < 1.29 is 19.1 Å². The van der Waals surface area contributed by atoms with Crippen LogP contribution in [0.2, 0.25) is 0 Å². The summed E-state index contributed by atoms with van der Waals surface area (Å²) in [4.78, 5) is 21.2. The molecule has 0 radical (unpaired) electrons. The number of methoxy groups -OCH3 is 1. The smallest absolute Gasteiger partial charge is 0.320 e. The number of carbonyl (C=O) groups is 1. The van der Waals surface area contributed by atoms with Crippen molar-refractivity contribution in [3.63, 3.8) is 0 Å². The lowest BCUT2D eigenvalue weighted by molar-refractivity contribution is 0.0415. The van der Waals surface area contributed by atoms with E-state index in [-0.39, 0.29) is 5.82 Å². The molecular formula is C21H22N6O4. The first-order valence-electron chi connectivity index (χ1n) is 9.53. The molecule has 0 fully saturated rings. The molecule has 2 amide bonds. The molecule has 4 aromatic rings. The molecule has 10 heteroatoms. The van der Waals surface area contributed by atoms with E-state index in [1.807, 2.05) is 30.3 Å². The monoisotopic (exact) mass is 422 g/mol. The van der Waals surface area contributed by atoms with Crippen molar-refractivity contribution in [2.45, 2.75) is 25.5 Å². The first-order valence-corrected chi connectivity index (χ1v) is 9.53. The molecular weight excluding hydrogens is 400 g/mol. The fraction of sp³-hybridized carbons (Fsp3) is 0.238. The topological polar surface area (TPSA) is 138 Å². The van der Waals surface area contributed by atoms with E-state index in [1.165, 1.54) is 19.7 Å². The van der Waals surface area contributed by atoms with Gasteiger partial charge in [0.2, 0.25) is 5.88 Å². The number of amides is 2. The van der Waals surface area contributed by atoms with E-state index in [0.29, 0.717) is 28.2 Å². The number of hydrogen-bond acceptors (Lipinski definition) is 7. The molecule has 0 bridgehead atoms. The number of anilines is 1. The Labute approximate surface area is 177 Å². The molecule has 1 atom stereocenters. The molecule has 31 heavy (non-hydrogen) atoms. The van der Waals surface area contributed by atoms with E-state index < -0.39 is 17.7 Å². The maximum Gasteiger partial charge on any atom is 0.320 e. The van der Waals surface area contributed by atoms with E-state index in [2.05, 4.69) is 30.8 Å². The van der Waals surface area contributed by atoms with Crippen LogP contribution in [0.1, 0.15) is 25.5 Å². The van der Waals surface area contributed by atoms with Crippen LogP contribution >= 0.6 is 0 Å². The van der Waals surface area contributed by atoms with Crippen LogP contribution in [0.4, 0.5) is 10.6 Å². The zero-order valence-electron chi connectivity index (χ0n) is 17.2. The van der Waals surface area contributed by atoms with Crippen molar-refractivity contribution in [3.8, 4) is 17.3 Å². The Morgan fingerprint density at radius 3 is 2.71 bits per heavy atom. The summed E-state index contributed by atoms with van der Waals surface area (Å²) in [5.74, 6) is 0.994. The molecule has 0 aliphatic carbocycles. The van der Waals surface area contributed by atoms with Crippen molar-refractivity contribution in [1.82, 2.24) is 25.5 Å². The van der Waals surface area contributed by atoms with E-state index in [1.54, 1.807) is 19.9 Å². The normalized spacial score (nSPS) is 12.5. The molecule has 0 aliphatic rings. The second-order valence-electron chi connectivity index (χ2n) is 7.47. The number of H-pyrrole nitrogens is 1. The fourth-order valence-electron chi connectivity index (χ4n) is 3.34. The van der Waals surface area contributed by atoms with Gasteiger partial charge in [0.15, 0.2) is 12.2 Å². The Kier molecular flexibility index (Phi) is 5.30. The predicted molar refractivity (Wildman–Crippen MR) is 114 cm³/mol. The number of carbonyl (C=O) groups excluding carboxylic acids is 1. The Morgan fingerprint density at radius 2 is 2.06 bits per heavy atom. The second kappa shape index (κ2) is 8.07. The van der Waals surface area contributed by atoms with Crippen LogP contribution < -0.4 is 15.4 Å². The number of benzene rings is 1. The molecule has 3 heterocycles. The Morgan fingerprint density at radius 1 is 1.29 bits per heavy atom. The summed E-state index contributed by atoms with van der Waals surface area (Å²) in [5, 5.41) is 23.7. The van der Waals surface area contributed by atoms with Crippen molar-refractivity contribution >= 4 is 22.8 Å². The third kappa shape index (κ3) is 4.19. The molecule has 0 unspecified atom stereocenters. The standard InChI is InChI=1S/C21H22N6O4/c1-21(2,29)18(12-7-5-4-6-8-12)25-20(28)24-15-9-13-16(19(30-3)27-26-13)17(23-15)14-10-22-11-31-14/h4-11,18,29H,1-3H3,(H,26,27)(H2,23,24,25,28)/t18-/m0/s1. The lowest BCUT2D eigenvalue weighted by atomic mass is 9.92. The number of nitrogens with one attached hydrogen (secondary N) is 3. The summed E-state index contributed by atoms with van der Waals surface area (Å²) in [6.07, 6.45) is 2.80. The SMILES string of the molecule is COc1n[nH]c2cc(NC(=O)N[C@@H](c3ccccc3)C(C)(C)O)nc(-c3cnco3)c12. The summed E-state index contributed by atoms with van der Waals surface area (Å²) in [6, 6.07) is 9.70. The first kappa shape index (κ1) is 20.4. The van der Waals surface area contributed by atoms with E-state index in [9.17, 15) is 9.90 Å². The number of oxazole rings is 1. The summed E-state index contributed by atoms with van der Waals surface area (Å²) >= 11 is 0. The maximum absolute atomic E-state index is 12.8. The number of hydrogen-bond donors (Lipinski definition) is 4. The van der Waals surface area contributed by atoms with Gasteiger partial charge in [-0.05, 0) is 19.4 Å². The fourth-order valence-corrected chi connectivity index (χ4v) is 3.34. The van der Waals surface area contributed by atoms with Gasteiger partial charge in [-0.2, -0.15) is 0 Å². The molecule has 4 rings (SSSR count). The predicted octanol–water partition coefficient (Wildman–Crippen LogP) is 3.26. The average molecular weight is 422 g/mol. The van der Waals surface area contributed by atoms with Gasteiger partial charge < -0.3 is 19.6 Å². The van der Waals surface area contributed by atoms with Gasteiger partial charge in [-0.15, -0.1) is 5.10 Å². The van der Waals surface area contributed by atoms with Crippen LogP contribution in [0, 0.1) is 0 Å². The van der Waals surface area contributed by atoms with Crippen LogP contribution in [-0.2, 0) is 0 Å². The molecule has 0 saturated carbocycles. The third-order valence-electron chi connectivity index (χ3n) is 4.73. The molecule has 10 nitrogen and oxygen atoms in total. The highest BCUT2D eigenvalue weighted by atomic mass is 16.5. The van der Waals surface area contributed by atoms with Gasteiger partial charge in [0.05, 0.1) is 35.9 Å². The zero-order chi connectivity index (χ0) is 22.0. The number of pyridine rings is 1. The molecule has 0 spiro atoms. The molecule has 160 valence electrons. The highest BCUT2D eigenvalue weighted by Gasteiger charge is 2.30. The third-order valence-corrected chi connectivity index (χ3v) is 4.73. The lowest BCUT2D eigenvalue weighted by Gasteiger charge is -2.30. The lowest BCUT2D eigenvalue weighted by Crippen LogP contribution is -2.43. The van der Waals surface area contributed by atoms with Gasteiger partial charge in [-0.3, -0.25) is 10.4 Å². The Hall–Kier alpha value is -3.92. The number of rotatable bonds is 6. The van der Waals surface area contributed by atoms with Crippen molar-refractivity contribution in [3.05, 3.63) is 54.6 Å². The Bertz CT molecular complexity index is 1180. The number of urea groups is 1. The van der Waals surface area contributed by atoms with Crippen LogP contribution in [0.5, 0.6) is 5.88 Å². The maximum atomic E-state index is 12.8. The largest absolute Gasteiger partial charge is 0.479 e. The van der Waals surface area contributed by atoms with Gasteiger partial charge in [-0.25, -0.2) is 14.8 Å².